The fraction of sp³-hybridized carbons (Fsp3) is 0.364. The van der Waals surface area contributed by atoms with Gasteiger partial charge in [0.2, 0.25) is 0 Å². The Morgan fingerprint density at radius 2 is 2.24 bits per heavy atom. The van der Waals surface area contributed by atoms with Gasteiger partial charge in [0, 0.05) is 11.6 Å². The van der Waals surface area contributed by atoms with Gasteiger partial charge in [0.1, 0.15) is 5.01 Å². The Balaban J connectivity index is 2.62. The van der Waals surface area contributed by atoms with Crippen molar-refractivity contribution in [1.82, 2.24) is 10.3 Å². The van der Waals surface area contributed by atoms with Crippen LogP contribution in [0.4, 0.5) is 5.69 Å². The van der Waals surface area contributed by atoms with Crippen LogP contribution in [0.2, 0.25) is 0 Å². The SMILES string of the molecule is CNC(C)c1nc2ccc([N+](=O)[O-])c(C)c2s1. The molecule has 0 bridgehead atoms. The van der Waals surface area contributed by atoms with Gasteiger partial charge >= 0.3 is 0 Å². The summed E-state index contributed by atoms with van der Waals surface area (Å²) in [4.78, 5) is 15.0. The molecular weight excluding hydrogens is 238 g/mol. The molecule has 2 aromatic rings. The summed E-state index contributed by atoms with van der Waals surface area (Å²) in [7, 11) is 1.87. The molecule has 1 heterocycles. The molecule has 0 aliphatic heterocycles. The van der Waals surface area contributed by atoms with E-state index in [1.54, 1.807) is 13.0 Å². The minimum Gasteiger partial charge on any atom is -0.311 e. The van der Waals surface area contributed by atoms with Gasteiger partial charge in [-0.1, -0.05) is 0 Å². The van der Waals surface area contributed by atoms with Crippen molar-refractivity contribution in [1.29, 1.82) is 0 Å². The molecular formula is C11H13N3O2S. The van der Waals surface area contributed by atoms with Crippen LogP contribution in [0.1, 0.15) is 23.5 Å². The molecule has 1 N–H and O–H groups in total. The van der Waals surface area contributed by atoms with E-state index in [0.717, 1.165) is 15.2 Å². The number of benzene rings is 1. The molecule has 1 atom stereocenters. The van der Waals surface area contributed by atoms with Crippen molar-refractivity contribution in [2.45, 2.75) is 19.9 Å². The quantitative estimate of drug-likeness (QED) is 0.672. The van der Waals surface area contributed by atoms with E-state index in [9.17, 15) is 10.1 Å². The van der Waals surface area contributed by atoms with Gasteiger partial charge in [-0.05, 0) is 27.0 Å². The van der Waals surface area contributed by atoms with Crippen LogP contribution in [0.3, 0.4) is 0 Å². The van der Waals surface area contributed by atoms with E-state index in [-0.39, 0.29) is 16.7 Å². The topological polar surface area (TPSA) is 68.1 Å². The lowest BCUT2D eigenvalue weighted by Gasteiger charge is -2.03. The van der Waals surface area contributed by atoms with Crippen molar-refractivity contribution in [2.24, 2.45) is 0 Å². The van der Waals surface area contributed by atoms with Gasteiger partial charge in [0.15, 0.2) is 0 Å². The average Bonchev–Trinajstić information content (AvgIpc) is 2.72. The van der Waals surface area contributed by atoms with Crippen LogP contribution in [0.25, 0.3) is 10.2 Å². The van der Waals surface area contributed by atoms with E-state index in [4.69, 9.17) is 0 Å². The third kappa shape index (κ3) is 2.01. The van der Waals surface area contributed by atoms with E-state index >= 15 is 0 Å². The Bertz CT molecular complexity index is 579. The summed E-state index contributed by atoms with van der Waals surface area (Å²) in [5.41, 5.74) is 1.68. The summed E-state index contributed by atoms with van der Waals surface area (Å²) < 4.78 is 0.899. The lowest BCUT2D eigenvalue weighted by molar-refractivity contribution is -0.385. The van der Waals surface area contributed by atoms with E-state index in [2.05, 4.69) is 10.3 Å². The summed E-state index contributed by atoms with van der Waals surface area (Å²) in [6, 6.07) is 3.39. The van der Waals surface area contributed by atoms with Crippen molar-refractivity contribution in [2.75, 3.05) is 7.05 Å². The highest BCUT2D eigenvalue weighted by Gasteiger charge is 2.17. The molecule has 0 amide bonds. The monoisotopic (exact) mass is 251 g/mol. The Morgan fingerprint density at radius 1 is 1.53 bits per heavy atom. The molecule has 17 heavy (non-hydrogen) atoms. The molecule has 0 aliphatic carbocycles. The maximum Gasteiger partial charge on any atom is 0.273 e. The molecule has 0 saturated carbocycles. The first-order valence-electron chi connectivity index (χ1n) is 5.26. The molecule has 5 nitrogen and oxygen atoms in total. The van der Waals surface area contributed by atoms with Crippen molar-refractivity contribution in [3.8, 4) is 0 Å². The van der Waals surface area contributed by atoms with Gasteiger partial charge in [-0.3, -0.25) is 10.1 Å². The summed E-state index contributed by atoms with van der Waals surface area (Å²) in [5, 5.41) is 14.9. The average molecular weight is 251 g/mol. The number of rotatable bonds is 3. The fourth-order valence-electron chi connectivity index (χ4n) is 1.64. The number of hydrogen-bond acceptors (Lipinski definition) is 5. The van der Waals surface area contributed by atoms with E-state index < -0.39 is 0 Å². The number of aryl methyl sites for hydroxylation is 1. The van der Waals surface area contributed by atoms with Gasteiger partial charge in [-0.2, -0.15) is 0 Å². The second-order valence-electron chi connectivity index (χ2n) is 3.88. The number of fused-ring (bicyclic) bond motifs is 1. The van der Waals surface area contributed by atoms with Crippen LogP contribution in [-0.4, -0.2) is 17.0 Å². The predicted molar refractivity (Wildman–Crippen MR) is 68.5 cm³/mol. The molecule has 0 aliphatic rings. The smallest absolute Gasteiger partial charge is 0.273 e. The fourth-order valence-corrected chi connectivity index (χ4v) is 2.76. The standard InChI is InChI=1S/C11H13N3O2S/c1-6-9(14(15)16)5-4-8-10(6)17-11(13-8)7(2)12-3/h4-5,7,12H,1-3H3. The van der Waals surface area contributed by atoms with E-state index in [1.807, 2.05) is 14.0 Å². The maximum atomic E-state index is 10.8. The molecule has 90 valence electrons. The number of hydrogen-bond donors (Lipinski definition) is 1. The van der Waals surface area contributed by atoms with Crippen LogP contribution in [0, 0.1) is 17.0 Å². The molecule has 1 aromatic heterocycles. The number of nitrogens with zero attached hydrogens (tertiary/aromatic N) is 2. The highest BCUT2D eigenvalue weighted by Crippen LogP contribution is 2.33. The van der Waals surface area contributed by atoms with Crippen LogP contribution in [0.15, 0.2) is 12.1 Å². The minimum atomic E-state index is -0.352. The summed E-state index contributed by atoms with van der Waals surface area (Å²) in [6.45, 7) is 3.79. The first-order valence-corrected chi connectivity index (χ1v) is 6.08. The van der Waals surface area contributed by atoms with Gasteiger partial charge in [-0.25, -0.2) is 4.98 Å². The molecule has 2 rings (SSSR count). The largest absolute Gasteiger partial charge is 0.311 e. The van der Waals surface area contributed by atoms with Crippen LogP contribution < -0.4 is 5.32 Å². The van der Waals surface area contributed by atoms with Crippen molar-refractivity contribution < 1.29 is 4.92 Å². The van der Waals surface area contributed by atoms with Crippen LogP contribution >= 0.6 is 11.3 Å². The van der Waals surface area contributed by atoms with Gasteiger partial charge < -0.3 is 5.32 Å². The lowest BCUT2D eigenvalue weighted by atomic mass is 10.2. The predicted octanol–water partition coefficient (Wildman–Crippen LogP) is 2.79. The highest BCUT2D eigenvalue weighted by atomic mass is 32.1. The Hall–Kier alpha value is -1.53. The second kappa shape index (κ2) is 4.38. The second-order valence-corrected chi connectivity index (χ2v) is 4.91. The lowest BCUT2D eigenvalue weighted by Crippen LogP contribution is -2.11. The van der Waals surface area contributed by atoms with Crippen molar-refractivity contribution >= 4 is 27.2 Å². The molecule has 0 radical (unpaired) electrons. The van der Waals surface area contributed by atoms with Crippen LogP contribution in [-0.2, 0) is 0 Å². The Kier molecular flexibility index (Phi) is 3.08. The van der Waals surface area contributed by atoms with Crippen LogP contribution in [0.5, 0.6) is 0 Å². The third-order valence-electron chi connectivity index (χ3n) is 2.79. The van der Waals surface area contributed by atoms with Gasteiger partial charge in [0.05, 0.1) is 21.2 Å². The summed E-state index contributed by atoms with van der Waals surface area (Å²) >= 11 is 1.51. The molecule has 1 aromatic carbocycles. The zero-order chi connectivity index (χ0) is 12.6. The maximum absolute atomic E-state index is 10.8. The summed E-state index contributed by atoms with van der Waals surface area (Å²) in [6.07, 6.45) is 0. The molecule has 6 heteroatoms. The molecule has 1 unspecified atom stereocenters. The summed E-state index contributed by atoms with van der Waals surface area (Å²) in [5.74, 6) is 0. The normalized spacial score (nSPS) is 12.9. The van der Waals surface area contributed by atoms with Crippen molar-refractivity contribution in [3.63, 3.8) is 0 Å². The number of nitro groups is 1. The first-order chi connectivity index (χ1) is 8.04. The zero-order valence-electron chi connectivity index (χ0n) is 9.85. The number of aromatic nitrogens is 1. The van der Waals surface area contributed by atoms with Gasteiger partial charge in [0.25, 0.3) is 5.69 Å². The van der Waals surface area contributed by atoms with Gasteiger partial charge in [-0.15, -0.1) is 11.3 Å². The number of nitrogens with one attached hydrogen (secondary N) is 1. The Labute approximate surface area is 103 Å². The molecule has 0 fully saturated rings. The highest BCUT2D eigenvalue weighted by molar-refractivity contribution is 7.18. The zero-order valence-corrected chi connectivity index (χ0v) is 10.7. The molecule has 0 saturated heterocycles. The number of nitro benzene ring substituents is 1. The third-order valence-corrected chi connectivity index (χ3v) is 4.17. The molecule has 0 spiro atoms. The minimum absolute atomic E-state index is 0.157. The first kappa shape index (κ1) is 11.9. The Morgan fingerprint density at radius 3 is 2.82 bits per heavy atom. The van der Waals surface area contributed by atoms with E-state index in [0.29, 0.717) is 5.56 Å². The number of thiazole rings is 1. The van der Waals surface area contributed by atoms with Crippen molar-refractivity contribution in [3.05, 3.63) is 32.8 Å². The van der Waals surface area contributed by atoms with E-state index in [1.165, 1.54) is 17.4 Å².